The highest BCUT2D eigenvalue weighted by atomic mass is 32.2. The summed E-state index contributed by atoms with van der Waals surface area (Å²) in [5.41, 5.74) is 0. The van der Waals surface area contributed by atoms with E-state index < -0.39 is 26.2 Å². The molecule has 0 aromatic carbocycles. The van der Waals surface area contributed by atoms with Gasteiger partial charge in [-0.15, -0.1) is 0 Å². The van der Waals surface area contributed by atoms with Gasteiger partial charge in [0.1, 0.15) is 0 Å². The Morgan fingerprint density at radius 1 is 1.18 bits per heavy atom. The van der Waals surface area contributed by atoms with Crippen molar-refractivity contribution < 1.29 is 17.2 Å². The molecule has 0 amide bonds. The Kier molecular flexibility index (Phi) is 8.24. The molecule has 0 aromatic heterocycles. The molecule has 3 unspecified atom stereocenters. The van der Waals surface area contributed by atoms with Gasteiger partial charge >= 0.3 is 0 Å². The van der Waals surface area contributed by atoms with E-state index in [0.29, 0.717) is 19.3 Å². The summed E-state index contributed by atoms with van der Waals surface area (Å²) in [4.78, 5) is 0. The van der Waals surface area contributed by atoms with E-state index in [1.54, 1.807) is 0 Å². The van der Waals surface area contributed by atoms with Crippen LogP contribution in [0.4, 0.5) is 0 Å². The second kappa shape index (κ2) is 8.21. The van der Waals surface area contributed by atoms with Crippen LogP contribution in [0.15, 0.2) is 0 Å². The van der Waals surface area contributed by atoms with E-state index in [1.165, 1.54) is 0 Å². The number of sulfone groups is 1. The Bertz CT molecular complexity index is 324. The summed E-state index contributed by atoms with van der Waals surface area (Å²) < 4.78 is 45.7. The van der Waals surface area contributed by atoms with Crippen molar-refractivity contribution in [2.45, 2.75) is 51.7 Å². The first kappa shape index (κ1) is 17.1. The molecule has 0 bridgehead atoms. The van der Waals surface area contributed by atoms with E-state index in [0.717, 1.165) is 6.42 Å². The van der Waals surface area contributed by atoms with Crippen LogP contribution in [0.3, 0.4) is 0 Å². The summed E-state index contributed by atoms with van der Waals surface area (Å²) in [5, 5.41) is -0.504. The van der Waals surface area contributed by atoms with Gasteiger partial charge in [0.25, 0.3) is 0 Å². The molecule has 104 valence electrons. The van der Waals surface area contributed by atoms with Gasteiger partial charge in [-0.25, -0.2) is 8.42 Å². The van der Waals surface area contributed by atoms with E-state index in [-0.39, 0.29) is 17.4 Å². The van der Waals surface area contributed by atoms with Crippen molar-refractivity contribution >= 4 is 20.9 Å². The van der Waals surface area contributed by atoms with Crippen LogP contribution < -0.4 is 0 Å². The summed E-state index contributed by atoms with van der Waals surface area (Å²) in [7, 11) is -3.16. The van der Waals surface area contributed by atoms with E-state index in [1.807, 2.05) is 20.8 Å². The minimum atomic E-state index is -3.16. The van der Waals surface area contributed by atoms with Crippen LogP contribution in [0.1, 0.15) is 46.5 Å². The van der Waals surface area contributed by atoms with Gasteiger partial charge in [-0.1, -0.05) is 44.7 Å². The topological polar surface area (TPSA) is 74.3 Å². The van der Waals surface area contributed by atoms with Gasteiger partial charge in [-0.2, -0.15) is 0 Å². The number of hydrogen-bond donors (Lipinski definition) is 0. The zero-order valence-corrected chi connectivity index (χ0v) is 12.5. The lowest BCUT2D eigenvalue weighted by molar-refractivity contribution is 0.457. The molecule has 0 fully saturated rings. The maximum atomic E-state index is 12.1. The highest BCUT2D eigenvalue weighted by Gasteiger charge is 2.30. The third-order valence-corrected chi connectivity index (χ3v) is 6.14. The first-order valence-corrected chi connectivity index (χ1v) is 9.12. The summed E-state index contributed by atoms with van der Waals surface area (Å²) in [6.45, 7) is 5.60. The van der Waals surface area contributed by atoms with Crippen molar-refractivity contribution in [1.29, 1.82) is 0 Å². The van der Waals surface area contributed by atoms with Gasteiger partial charge in [0.2, 0.25) is 0 Å². The van der Waals surface area contributed by atoms with Gasteiger partial charge in [-0.3, -0.25) is 4.21 Å². The summed E-state index contributed by atoms with van der Waals surface area (Å²) >= 11 is -2.17. The normalized spacial score (nSPS) is 17.6. The van der Waals surface area contributed by atoms with Crippen LogP contribution in [0.5, 0.6) is 0 Å². The van der Waals surface area contributed by atoms with Gasteiger partial charge in [0.05, 0.1) is 11.0 Å². The first-order chi connectivity index (χ1) is 7.88. The Morgan fingerprint density at radius 2 is 1.76 bits per heavy atom. The van der Waals surface area contributed by atoms with Crippen LogP contribution in [-0.2, 0) is 20.9 Å². The van der Waals surface area contributed by atoms with Gasteiger partial charge in [-0.05, 0) is 18.8 Å². The first-order valence-electron chi connectivity index (χ1n) is 6.16. The van der Waals surface area contributed by atoms with Crippen molar-refractivity contribution in [2.24, 2.45) is 5.92 Å². The Hall–Kier alpha value is 0.0600. The fraction of sp³-hybridized carbons (Fsp3) is 1.00. The van der Waals surface area contributed by atoms with Crippen molar-refractivity contribution in [3.63, 3.8) is 0 Å². The van der Waals surface area contributed by atoms with Crippen LogP contribution in [-0.4, -0.2) is 33.9 Å². The second-order valence-corrected chi connectivity index (χ2v) is 7.61. The molecule has 0 heterocycles. The van der Waals surface area contributed by atoms with E-state index in [4.69, 9.17) is 0 Å². The zero-order valence-electron chi connectivity index (χ0n) is 10.8. The maximum Gasteiger partial charge on any atom is 0.153 e. The molecular formula is C11H23O4S2-. The highest BCUT2D eigenvalue weighted by Crippen LogP contribution is 2.23. The second-order valence-electron chi connectivity index (χ2n) is 4.33. The van der Waals surface area contributed by atoms with Crippen molar-refractivity contribution in [2.75, 3.05) is 11.5 Å². The van der Waals surface area contributed by atoms with Crippen LogP contribution in [0, 0.1) is 5.92 Å². The van der Waals surface area contributed by atoms with Crippen molar-refractivity contribution in [1.82, 2.24) is 0 Å². The maximum absolute atomic E-state index is 12.1. The third-order valence-electron chi connectivity index (χ3n) is 2.92. The third kappa shape index (κ3) is 5.97. The molecular weight excluding hydrogens is 260 g/mol. The standard InChI is InChI=1S/C11H24O4S2/c1-4-7-11(17(14,15)8-5-2)10(6-3)9-16(12)13/h10-11H,4-9H2,1-3H3,(H,12,13)/p-1. The van der Waals surface area contributed by atoms with E-state index in [2.05, 4.69) is 0 Å². The molecule has 17 heavy (non-hydrogen) atoms. The van der Waals surface area contributed by atoms with Gasteiger partial charge in [0, 0.05) is 5.75 Å². The van der Waals surface area contributed by atoms with E-state index >= 15 is 0 Å². The SMILES string of the molecule is CCCC(C(CC)CS(=O)[O-])S(=O)(=O)CCC. The van der Waals surface area contributed by atoms with Gasteiger partial charge < -0.3 is 4.55 Å². The molecule has 0 radical (unpaired) electrons. The highest BCUT2D eigenvalue weighted by molar-refractivity contribution is 7.92. The summed E-state index contributed by atoms with van der Waals surface area (Å²) in [6, 6.07) is 0. The van der Waals surface area contributed by atoms with Crippen LogP contribution in [0.2, 0.25) is 0 Å². The molecule has 0 aromatic rings. The molecule has 0 aliphatic heterocycles. The molecule has 6 heteroatoms. The molecule has 0 saturated heterocycles. The predicted molar refractivity (Wildman–Crippen MR) is 70.3 cm³/mol. The monoisotopic (exact) mass is 283 g/mol. The Morgan fingerprint density at radius 3 is 2.12 bits per heavy atom. The number of rotatable bonds is 9. The molecule has 0 saturated carbocycles. The van der Waals surface area contributed by atoms with Crippen molar-refractivity contribution in [3.05, 3.63) is 0 Å². The summed E-state index contributed by atoms with van der Waals surface area (Å²) in [5.74, 6) is -0.172. The molecule has 0 aliphatic carbocycles. The quantitative estimate of drug-likeness (QED) is 0.606. The number of hydrogen-bond acceptors (Lipinski definition) is 4. The van der Waals surface area contributed by atoms with E-state index in [9.17, 15) is 17.2 Å². The fourth-order valence-corrected chi connectivity index (χ4v) is 5.37. The molecule has 0 N–H and O–H groups in total. The molecule has 0 spiro atoms. The predicted octanol–water partition coefficient (Wildman–Crippen LogP) is 1.89. The average Bonchev–Trinajstić information content (AvgIpc) is 2.22. The molecule has 3 atom stereocenters. The lowest BCUT2D eigenvalue weighted by atomic mass is 10.0. The molecule has 4 nitrogen and oxygen atoms in total. The smallest absolute Gasteiger partial charge is 0.153 e. The molecule has 0 rings (SSSR count). The zero-order chi connectivity index (χ0) is 13.5. The Labute approximate surface area is 107 Å². The van der Waals surface area contributed by atoms with Crippen LogP contribution in [0.25, 0.3) is 0 Å². The minimum Gasteiger partial charge on any atom is -0.772 e. The van der Waals surface area contributed by atoms with Gasteiger partial charge in [0.15, 0.2) is 9.84 Å². The minimum absolute atomic E-state index is 0.0515. The van der Waals surface area contributed by atoms with Crippen molar-refractivity contribution in [3.8, 4) is 0 Å². The fourth-order valence-electron chi connectivity index (χ4n) is 2.09. The lowest BCUT2D eigenvalue weighted by Crippen LogP contribution is -2.34. The summed E-state index contributed by atoms with van der Waals surface area (Å²) in [6.07, 6.45) is 2.48. The largest absolute Gasteiger partial charge is 0.772 e. The lowest BCUT2D eigenvalue weighted by Gasteiger charge is -2.26. The van der Waals surface area contributed by atoms with Crippen LogP contribution >= 0.6 is 0 Å². The average molecular weight is 283 g/mol. The Balaban J connectivity index is 4.97. The molecule has 0 aliphatic rings.